The maximum Gasteiger partial charge on any atom is 0.246 e. The molecule has 21 heavy (non-hydrogen) atoms. The Labute approximate surface area is 124 Å². The van der Waals surface area contributed by atoms with E-state index < -0.39 is 11.9 Å². The van der Waals surface area contributed by atoms with E-state index in [1.54, 1.807) is 7.11 Å². The zero-order chi connectivity index (χ0) is 15.7. The van der Waals surface area contributed by atoms with Crippen LogP contribution >= 0.6 is 0 Å². The molecule has 1 rings (SSSR count). The van der Waals surface area contributed by atoms with Gasteiger partial charge in [0.15, 0.2) is 0 Å². The zero-order valence-electron chi connectivity index (χ0n) is 12.4. The van der Waals surface area contributed by atoms with E-state index in [4.69, 9.17) is 15.2 Å². The number of aryl methyl sites for hydroxylation is 1. The number of carbonyl (C=O) groups excluding carboxylic acids is 2. The molecule has 1 aromatic carbocycles. The summed E-state index contributed by atoms with van der Waals surface area (Å²) in [5, 5.41) is 2.58. The van der Waals surface area contributed by atoms with Crippen molar-refractivity contribution in [3.05, 3.63) is 35.4 Å². The van der Waals surface area contributed by atoms with Crippen LogP contribution in [0.5, 0.6) is 0 Å². The van der Waals surface area contributed by atoms with Crippen LogP contribution in [0.1, 0.15) is 11.1 Å². The van der Waals surface area contributed by atoms with Gasteiger partial charge in [-0.25, -0.2) is 0 Å². The van der Waals surface area contributed by atoms with Crippen molar-refractivity contribution in [2.24, 2.45) is 5.73 Å². The lowest BCUT2D eigenvalue weighted by Crippen LogP contribution is -2.47. The Morgan fingerprint density at radius 2 is 2.10 bits per heavy atom. The molecule has 1 aromatic rings. The molecule has 0 aromatic heterocycles. The van der Waals surface area contributed by atoms with E-state index in [-0.39, 0.29) is 12.5 Å². The average Bonchev–Trinajstić information content (AvgIpc) is 2.43. The van der Waals surface area contributed by atoms with E-state index in [0.717, 1.165) is 11.1 Å². The Morgan fingerprint density at radius 3 is 2.71 bits per heavy atom. The van der Waals surface area contributed by atoms with Gasteiger partial charge in [0, 0.05) is 13.5 Å². The lowest BCUT2D eigenvalue weighted by molar-refractivity contribution is -0.130. The Kier molecular flexibility index (Phi) is 7.42. The number of nitrogens with one attached hydrogen (secondary N) is 1. The third kappa shape index (κ3) is 6.87. The van der Waals surface area contributed by atoms with Gasteiger partial charge in [-0.15, -0.1) is 0 Å². The van der Waals surface area contributed by atoms with E-state index in [0.29, 0.717) is 19.6 Å². The molecule has 0 saturated carbocycles. The fourth-order valence-corrected chi connectivity index (χ4v) is 1.84. The smallest absolute Gasteiger partial charge is 0.246 e. The fraction of sp³-hybridized carbons (Fsp3) is 0.467. The van der Waals surface area contributed by atoms with Crippen molar-refractivity contribution >= 4 is 11.8 Å². The third-order valence-electron chi connectivity index (χ3n) is 2.87. The van der Waals surface area contributed by atoms with Crippen molar-refractivity contribution in [3.63, 3.8) is 0 Å². The lowest BCUT2D eigenvalue weighted by Gasteiger charge is -2.16. The van der Waals surface area contributed by atoms with Crippen LogP contribution in [0.4, 0.5) is 0 Å². The molecule has 0 fully saturated rings. The molecule has 0 aliphatic carbocycles. The Morgan fingerprint density at radius 1 is 1.33 bits per heavy atom. The van der Waals surface area contributed by atoms with Gasteiger partial charge in [0.05, 0.1) is 13.2 Å². The number of rotatable bonds is 9. The molecule has 0 heterocycles. The molecule has 0 unspecified atom stereocenters. The van der Waals surface area contributed by atoms with Crippen LogP contribution in [0, 0.1) is 6.92 Å². The number of nitrogens with two attached hydrogens (primary N) is 1. The minimum atomic E-state index is -0.745. The molecular weight excluding hydrogens is 272 g/mol. The van der Waals surface area contributed by atoms with Gasteiger partial charge in [0.25, 0.3) is 0 Å². The number of carbonyl (C=O) groups is 2. The summed E-state index contributed by atoms with van der Waals surface area (Å²) in [6, 6.07) is 6.97. The quantitative estimate of drug-likeness (QED) is 0.635. The number of primary amides is 1. The second-order valence-corrected chi connectivity index (χ2v) is 4.76. The average molecular weight is 294 g/mol. The standard InChI is InChI=1S/C15H22N2O4/c1-11-4-3-5-12(8-11)9-13(15(16)19)17-14(18)10-21-7-6-20-2/h3-5,8,13H,6-7,9-10H2,1-2H3,(H2,16,19)(H,17,18)/t13-/m0/s1. The number of amides is 2. The molecule has 3 N–H and O–H groups in total. The first-order valence-corrected chi connectivity index (χ1v) is 6.74. The first-order chi connectivity index (χ1) is 10.0. The molecule has 0 radical (unpaired) electrons. The first kappa shape index (κ1) is 17.1. The highest BCUT2D eigenvalue weighted by Gasteiger charge is 2.18. The van der Waals surface area contributed by atoms with Crippen molar-refractivity contribution in [2.45, 2.75) is 19.4 Å². The summed E-state index contributed by atoms with van der Waals surface area (Å²) in [4.78, 5) is 23.1. The number of methoxy groups -OCH3 is 1. The van der Waals surface area contributed by atoms with Crippen LogP contribution in [-0.2, 0) is 25.5 Å². The van der Waals surface area contributed by atoms with E-state index in [9.17, 15) is 9.59 Å². The summed E-state index contributed by atoms with van der Waals surface area (Å²) < 4.78 is 9.90. The van der Waals surface area contributed by atoms with Crippen LogP contribution in [0.15, 0.2) is 24.3 Å². The molecule has 6 heteroatoms. The van der Waals surface area contributed by atoms with Gasteiger partial charge in [-0.05, 0) is 12.5 Å². The maximum absolute atomic E-state index is 11.7. The Hall–Kier alpha value is -1.92. The van der Waals surface area contributed by atoms with Gasteiger partial charge in [-0.1, -0.05) is 29.8 Å². The monoisotopic (exact) mass is 294 g/mol. The highest BCUT2D eigenvalue weighted by atomic mass is 16.5. The van der Waals surface area contributed by atoms with Gasteiger partial charge < -0.3 is 20.5 Å². The van der Waals surface area contributed by atoms with E-state index >= 15 is 0 Å². The van der Waals surface area contributed by atoms with Gasteiger partial charge in [-0.2, -0.15) is 0 Å². The highest BCUT2D eigenvalue weighted by Crippen LogP contribution is 2.07. The molecule has 0 bridgehead atoms. The summed E-state index contributed by atoms with van der Waals surface area (Å²) in [5.74, 6) is -0.940. The van der Waals surface area contributed by atoms with Crippen molar-refractivity contribution in [1.29, 1.82) is 0 Å². The summed E-state index contributed by atoms with van der Waals surface area (Å²) in [5.41, 5.74) is 7.36. The largest absolute Gasteiger partial charge is 0.382 e. The van der Waals surface area contributed by atoms with Crippen LogP contribution in [0.3, 0.4) is 0 Å². The summed E-state index contributed by atoms with van der Waals surface area (Å²) >= 11 is 0. The normalized spacial score (nSPS) is 11.9. The van der Waals surface area contributed by atoms with Crippen molar-refractivity contribution < 1.29 is 19.1 Å². The van der Waals surface area contributed by atoms with Crippen molar-refractivity contribution in [2.75, 3.05) is 26.9 Å². The Balaban J connectivity index is 2.50. The summed E-state index contributed by atoms with van der Waals surface area (Å²) in [7, 11) is 1.55. The van der Waals surface area contributed by atoms with Gasteiger partial charge >= 0.3 is 0 Å². The second-order valence-electron chi connectivity index (χ2n) is 4.76. The summed E-state index contributed by atoms with van der Waals surface area (Å²) in [6.07, 6.45) is 0.362. The minimum absolute atomic E-state index is 0.124. The number of hydrogen-bond donors (Lipinski definition) is 2. The van der Waals surface area contributed by atoms with Gasteiger partial charge in [0.2, 0.25) is 11.8 Å². The fourth-order valence-electron chi connectivity index (χ4n) is 1.84. The lowest BCUT2D eigenvalue weighted by atomic mass is 10.0. The zero-order valence-corrected chi connectivity index (χ0v) is 12.4. The van der Waals surface area contributed by atoms with Crippen LogP contribution in [-0.4, -0.2) is 44.8 Å². The number of benzene rings is 1. The van der Waals surface area contributed by atoms with Crippen LogP contribution in [0.25, 0.3) is 0 Å². The van der Waals surface area contributed by atoms with Gasteiger partial charge in [-0.3, -0.25) is 9.59 Å². The van der Waals surface area contributed by atoms with E-state index in [1.165, 1.54) is 0 Å². The second kappa shape index (κ2) is 9.10. The molecule has 0 aliphatic rings. The van der Waals surface area contributed by atoms with Crippen LogP contribution in [0.2, 0.25) is 0 Å². The minimum Gasteiger partial charge on any atom is -0.382 e. The number of hydrogen-bond acceptors (Lipinski definition) is 4. The topological polar surface area (TPSA) is 90.7 Å². The SMILES string of the molecule is COCCOCC(=O)N[C@@H](Cc1cccc(C)c1)C(N)=O. The maximum atomic E-state index is 11.7. The first-order valence-electron chi connectivity index (χ1n) is 6.74. The summed E-state index contributed by atoms with van der Waals surface area (Å²) in [6.45, 7) is 2.57. The van der Waals surface area contributed by atoms with E-state index in [2.05, 4.69) is 5.32 Å². The number of ether oxygens (including phenoxy) is 2. The molecule has 6 nitrogen and oxygen atoms in total. The van der Waals surface area contributed by atoms with E-state index in [1.807, 2.05) is 31.2 Å². The molecule has 1 atom stereocenters. The molecule has 116 valence electrons. The third-order valence-corrected chi connectivity index (χ3v) is 2.87. The van der Waals surface area contributed by atoms with Crippen molar-refractivity contribution in [1.82, 2.24) is 5.32 Å². The van der Waals surface area contributed by atoms with Crippen molar-refractivity contribution in [3.8, 4) is 0 Å². The predicted octanol–water partition coefficient (Wildman–Crippen LogP) is 0.171. The Bertz CT molecular complexity index is 476. The molecule has 0 aliphatic heterocycles. The molecule has 0 saturated heterocycles. The highest BCUT2D eigenvalue weighted by molar-refractivity contribution is 5.87. The van der Waals surface area contributed by atoms with Gasteiger partial charge in [0.1, 0.15) is 12.6 Å². The van der Waals surface area contributed by atoms with Crippen LogP contribution < -0.4 is 11.1 Å². The molecule has 2 amide bonds. The predicted molar refractivity (Wildman–Crippen MR) is 78.7 cm³/mol. The molecular formula is C15H22N2O4. The molecule has 0 spiro atoms.